The van der Waals surface area contributed by atoms with E-state index in [1.165, 1.54) is 5.56 Å². The number of methoxy groups -OCH3 is 1. The molecule has 2 rings (SSSR count). The Hall–Kier alpha value is -1.75. The number of nitrogens with one attached hydrogen (secondary N) is 1. The average Bonchev–Trinajstić information content (AvgIpc) is 2.60. The molecule has 0 atom stereocenters. The van der Waals surface area contributed by atoms with Crippen LogP contribution in [0.2, 0.25) is 5.02 Å². The molecule has 0 saturated heterocycles. The van der Waals surface area contributed by atoms with E-state index in [2.05, 4.69) is 24.4 Å². The number of hydrogen-bond donors (Lipinski definition) is 2. The molecule has 4 nitrogen and oxygen atoms in total. The number of ether oxygens (including phenoxy) is 2. The smallest absolute Gasteiger partial charge is 0.180 e. The monoisotopic (exact) mass is 363 g/mol. The maximum absolute atomic E-state index is 8.79. The van der Waals surface area contributed by atoms with Crippen LogP contribution < -0.4 is 14.8 Å². The number of benzene rings is 2. The van der Waals surface area contributed by atoms with Gasteiger partial charge in [-0.2, -0.15) is 0 Å². The van der Waals surface area contributed by atoms with E-state index < -0.39 is 0 Å². The summed E-state index contributed by atoms with van der Waals surface area (Å²) in [6.07, 6.45) is 1.75. The van der Waals surface area contributed by atoms with E-state index in [1.807, 2.05) is 24.3 Å². The summed E-state index contributed by atoms with van der Waals surface area (Å²) in [6.45, 7) is 4.27. The lowest BCUT2D eigenvalue weighted by Crippen LogP contribution is -2.15. The van der Waals surface area contributed by atoms with E-state index in [9.17, 15) is 0 Å². The van der Waals surface area contributed by atoms with Crippen molar-refractivity contribution in [1.82, 2.24) is 5.32 Å². The SMILES string of the molecule is COc1cc(CNCCCCO)cc(Cl)c1OCc1cccc(C)c1. The molecular weight excluding hydrogens is 338 g/mol. The summed E-state index contributed by atoms with van der Waals surface area (Å²) in [5.74, 6) is 1.20. The van der Waals surface area contributed by atoms with Gasteiger partial charge in [0.15, 0.2) is 11.5 Å². The molecule has 0 fully saturated rings. The summed E-state index contributed by atoms with van der Waals surface area (Å²) in [5, 5.41) is 12.7. The zero-order chi connectivity index (χ0) is 18.1. The van der Waals surface area contributed by atoms with Crippen LogP contribution in [0.4, 0.5) is 0 Å². The second-order valence-electron chi connectivity index (χ2n) is 5.99. The molecule has 2 aromatic rings. The van der Waals surface area contributed by atoms with Crippen LogP contribution in [0.15, 0.2) is 36.4 Å². The van der Waals surface area contributed by atoms with Gasteiger partial charge >= 0.3 is 0 Å². The maximum Gasteiger partial charge on any atom is 0.180 e. The summed E-state index contributed by atoms with van der Waals surface area (Å²) in [6, 6.07) is 12.0. The van der Waals surface area contributed by atoms with Crippen molar-refractivity contribution in [2.45, 2.75) is 32.9 Å². The lowest BCUT2D eigenvalue weighted by atomic mass is 10.1. The molecule has 0 aliphatic rings. The highest BCUT2D eigenvalue weighted by molar-refractivity contribution is 6.32. The predicted octanol–water partition coefficient (Wildman–Crippen LogP) is 4.10. The Labute approximate surface area is 154 Å². The van der Waals surface area contributed by atoms with Crippen LogP contribution in [0, 0.1) is 6.92 Å². The van der Waals surface area contributed by atoms with Crippen molar-refractivity contribution in [3.8, 4) is 11.5 Å². The minimum atomic E-state index is 0.230. The van der Waals surface area contributed by atoms with Gasteiger partial charge in [0.1, 0.15) is 6.61 Å². The maximum atomic E-state index is 8.79. The molecule has 0 radical (unpaired) electrons. The highest BCUT2D eigenvalue weighted by Gasteiger charge is 2.12. The molecule has 0 heterocycles. The Morgan fingerprint density at radius 3 is 2.68 bits per heavy atom. The number of aliphatic hydroxyl groups is 1. The largest absolute Gasteiger partial charge is 0.493 e. The number of hydrogen-bond acceptors (Lipinski definition) is 4. The quantitative estimate of drug-likeness (QED) is 0.624. The lowest BCUT2D eigenvalue weighted by molar-refractivity contribution is 0.283. The lowest BCUT2D eigenvalue weighted by Gasteiger charge is -2.15. The van der Waals surface area contributed by atoms with E-state index in [0.717, 1.165) is 30.5 Å². The highest BCUT2D eigenvalue weighted by atomic mass is 35.5. The van der Waals surface area contributed by atoms with Crippen LogP contribution in [0.25, 0.3) is 0 Å². The van der Waals surface area contributed by atoms with E-state index >= 15 is 0 Å². The summed E-state index contributed by atoms with van der Waals surface area (Å²) >= 11 is 6.41. The topological polar surface area (TPSA) is 50.7 Å². The molecule has 5 heteroatoms. The van der Waals surface area contributed by atoms with Gasteiger partial charge in [0.05, 0.1) is 12.1 Å². The molecule has 0 aromatic heterocycles. The summed E-state index contributed by atoms with van der Waals surface area (Å²) < 4.78 is 11.4. The molecule has 0 aliphatic carbocycles. The Bertz CT molecular complexity index is 676. The Morgan fingerprint density at radius 2 is 1.96 bits per heavy atom. The van der Waals surface area contributed by atoms with E-state index in [-0.39, 0.29) is 6.61 Å². The van der Waals surface area contributed by atoms with Crippen LogP contribution >= 0.6 is 11.6 Å². The van der Waals surface area contributed by atoms with Gasteiger partial charge in [-0.3, -0.25) is 0 Å². The third kappa shape index (κ3) is 6.24. The number of rotatable bonds is 10. The van der Waals surface area contributed by atoms with Gasteiger partial charge in [-0.15, -0.1) is 0 Å². The molecule has 0 aliphatic heterocycles. The standard InChI is InChI=1S/C20H26ClNO3/c1-15-6-5-7-16(10-15)14-25-20-18(21)11-17(12-19(20)24-2)13-22-8-3-4-9-23/h5-7,10-12,22-23H,3-4,8-9,13-14H2,1-2H3. The van der Waals surface area contributed by atoms with Crippen LogP contribution in [0.3, 0.4) is 0 Å². The second kappa shape index (κ2) is 10.3. The molecule has 0 amide bonds. The van der Waals surface area contributed by atoms with Crippen molar-refractivity contribution < 1.29 is 14.6 Å². The molecular formula is C20H26ClNO3. The fourth-order valence-corrected chi connectivity index (χ4v) is 2.86. The van der Waals surface area contributed by atoms with Crippen LogP contribution in [-0.4, -0.2) is 25.4 Å². The van der Waals surface area contributed by atoms with Crippen molar-refractivity contribution in [3.63, 3.8) is 0 Å². The Balaban J connectivity index is 2.00. The van der Waals surface area contributed by atoms with Crippen LogP contribution in [0.5, 0.6) is 11.5 Å². The summed E-state index contributed by atoms with van der Waals surface area (Å²) in [5.41, 5.74) is 3.32. The molecule has 0 bridgehead atoms. The average molecular weight is 364 g/mol. The van der Waals surface area contributed by atoms with Crippen LogP contribution in [-0.2, 0) is 13.2 Å². The summed E-state index contributed by atoms with van der Waals surface area (Å²) in [7, 11) is 1.61. The first-order valence-corrected chi connectivity index (χ1v) is 8.88. The van der Waals surface area contributed by atoms with Crippen molar-refractivity contribution >= 4 is 11.6 Å². The fraction of sp³-hybridized carbons (Fsp3) is 0.400. The number of unbranched alkanes of at least 4 members (excludes halogenated alkanes) is 1. The molecule has 0 saturated carbocycles. The molecule has 2 aromatic carbocycles. The number of halogens is 1. The first-order chi connectivity index (χ1) is 12.1. The van der Waals surface area contributed by atoms with Gasteiger partial charge in [-0.1, -0.05) is 41.4 Å². The van der Waals surface area contributed by atoms with Gasteiger partial charge in [0.25, 0.3) is 0 Å². The van der Waals surface area contributed by atoms with Gasteiger partial charge in [-0.25, -0.2) is 0 Å². The van der Waals surface area contributed by atoms with Gasteiger partial charge in [0.2, 0.25) is 0 Å². The molecule has 0 unspecified atom stereocenters. The van der Waals surface area contributed by atoms with E-state index in [0.29, 0.717) is 29.7 Å². The predicted molar refractivity (Wildman–Crippen MR) is 102 cm³/mol. The van der Waals surface area contributed by atoms with Gasteiger partial charge in [-0.05, 0) is 49.6 Å². The zero-order valence-electron chi connectivity index (χ0n) is 14.8. The Morgan fingerprint density at radius 1 is 1.12 bits per heavy atom. The van der Waals surface area contributed by atoms with E-state index in [1.54, 1.807) is 7.11 Å². The van der Waals surface area contributed by atoms with Gasteiger partial charge < -0.3 is 19.9 Å². The van der Waals surface area contributed by atoms with Crippen molar-refractivity contribution in [3.05, 3.63) is 58.1 Å². The first-order valence-electron chi connectivity index (χ1n) is 8.50. The minimum absolute atomic E-state index is 0.230. The number of aliphatic hydroxyl groups excluding tert-OH is 1. The highest BCUT2D eigenvalue weighted by Crippen LogP contribution is 2.37. The van der Waals surface area contributed by atoms with Crippen LogP contribution in [0.1, 0.15) is 29.5 Å². The fourth-order valence-electron chi connectivity index (χ4n) is 2.57. The van der Waals surface area contributed by atoms with Crippen molar-refractivity contribution in [2.24, 2.45) is 0 Å². The van der Waals surface area contributed by atoms with Gasteiger partial charge in [0, 0.05) is 13.2 Å². The molecule has 2 N–H and O–H groups in total. The number of aryl methyl sites for hydroxylation is 1. The summed E-state index contributed by atoms with van der Waals surface area (Å²) in [4.78, 5) is 0. The Kier molecular flexibility index (Phi) is 8.06. The molecule has 136 valence electrons. The van der Waals surface area contributed by atoms with E-state index in [4.69, 9.17) is 26.2 Å². The second-order valence-corrected chi connectivity index (χ2v) is 6.40. The normalized spacial score (nSPS) is 10.7. The zero-order valence-corrected chi connectivity index (χ0v) is 15.6. The third-order valence-electron chi connectivity index (χ3n) is 3.85. The molecule has 25 heavy (non-hydrogen) atoms. The first kappa shape index (κ1) is 19.6. The third-order valence-corrected chi connectivity index (χ3v) is 4.13. The van der Waals surface area contributed by atoms with Crippen molar-refractivity contribution in [2.75, 3.05) is 20.3 Å². The minimum Gasteiger partial charge on any atom is -0.493 e. The molecule has 0 spiro atoms. The van der Waals surface area contributed by atoms with Crippen molar-refractivity contribution in [1.29, 1.82) is 0 Å².